The molecule has 0 amide bonds. The average molecular weight is 742 g/mol. The molecule has 0 aliphatic heterocycles. The predicted octanol–water partition coefficient (Wildman–Crippen LogP) is 15.0. The molecule has 0 unspecified atom stereocenters. The fourth-order valence-electron chi connectivity index (χ4n) is 9.61. The van der Waals surface area contributed by atoms with Crippen molar-refractivity contribution >= 4 is 60.9 Å². The zero-order valence-electron chi connectivity index (χ0n) is 31.5. The van der Waals surface area contributed by atoms with E-state index in [2.05, 4.69) is 205 Å². The Balaban J connectivity index is 1.04. The number of benzene rings is 9. The smallest absolute Gasteiger partial charge is 0.137 e. The van der Waals surface area contributed by atoms with Crippen molar-refractivity contribution in [2.45, 2.75) is 5.41 Å². The molecule has 0 saturated heterocycles. The number of para-hydroxylation sites is 1. The summed E-state index contributed by atoms with van der Waals surface area (Å²) >= 11 is 0. The van der Waals surface area contributed by atoms with Gasteiger partial charge in [-0.1, -0.05) is 146 Å². The van der Waals surface area contributed by atoms with Crippen LogP contribution in [0.15, 0.2) is 221 Å². The summed E-state index contributed by atoms with van der Waals surface area (Å²) < 4.78 is 13.2. The molecular formula is C55H35NO2. The molecule has 0 atom stereocenters. The number of furan rings is 2. The molecular weight excluding hydrogens is 707 g/mol. The van der Waals surface area contributed by atoms with E-state index in [0.717, 1.165) is 66.5 Å². The van der Waals surface area contributed by atoms with Crippen molar-refractivity contribution in [3.8, 4) is 22.3 Å². The fraction of sp³-hybridized carbons (Fsp3) is 0.0182. The highest BCUT2D eigenvalue weighted by atomic mass is 16.3. The average Bonchev–Trinajstić information content (AvgIpc) is 3.95. The minimum atomic E-state index is -0.484. The topological polar surface area (TPSA) is 29.5 Å². The van der Waals surface area contributed by atoms with Gasteiger partial charge in [0.05, 0.1) is 5.41 Å². The van der Waals surface area contributed by atoms with Gasteiger partial charge in [0.1, 0.15) is 22.3 Å². The van der Waals surface area contributed by atoms with Crippen molar-refractivity contribution in [1.29, 1.82) is 0 Å². The third-order valence-electron chi connectivity index (χ3n) is 12.1. The summed E-state index contributed by atoms with van der Waals surface area (Å²) in [4.78, 5) is 2.30. The molecule has 0 fully saturated rings. The van der Waals surface area contributed by atoms with Gasteiger partial charge in [-0.15, -0.1) is 0 Å². The van der Waals surface area contributed by atoms with Crippen LogP contribution in [0.1, 0.15) is 22.3 Å². The lowest BCUT2D eigenvalue weighted by Crippen LogP contribution is -2.28. The van der Waals surface area contributed by atoms with Crippen LogP contribution in [0.4, 0.5) is 17.1 Å². The Morgan fingerprint density at radius 3 is 1.55 bits per heavy atom. The first-order chi connectivity index (χ1) is 28.7. The Labute approximate surface area is 335 Å². The van der Waals surface area contributed by atoms with Crippen LogP contribution >= 0.6 is 0 Å². The Bertz CT molecular complexity index is 3310. The van der Waals surface area contributed by atoms with Gasteiger partial charge in [-0.3, -0.25) is 0 Å². The van der Waals surface area contributed by atoms with Crippen molar-refractivity contribution in [2.75, 3.05) is 4.90 Å². The molecule has 11 aromatic rings. The molecule has 0 bridgehead atoms. The van der Waals surface area contributed by atoms with E-state index in [4.69, 9.17) is 8.83 Å². The third kappa shape index (κ3) is 4.80. The van der Waals surface area contributed by atoms with Crippen LogP contribution in [0.3, 0.4) is 0 Å². The second kappa shape index (κ2) is 12.7. The second-order valence-electron chi connectivity index (χ2n) is 15.2. The van der Waals surface area contributed by atoms with Gasteiger partial charge in [0, 0.05) is 50.7 Å². The summed E-state index contributed by atoms with van der Waals surface area (Å²) in [6.45, 7) is 0. The monoisotopic (exact) mass is 741 g/mol. The van der Waals surface area contributed by atoms with Gasteiger partial charge in [0.15, 0.2) is 0 Å². The van der Waals surface area contributed by atoms with Gasteiger partial charge in [-0.2, -0.15) is 0 Å². The maximum atomic E-state index is 6.77. The van der Waals surface area contributed by atoms with E-state index in [1.54, 1.807) is 0 Å². The molecule has 58 heavy (non-hydrogen) atoms. The van der Waals surface area contributed by atoms with Gasteiger partial charge in [0.2, 0.25) is 0 Å². The lowest BCUT2D eigenvalue weighted by molar-refractivity contribution is 0.668. The van der Waals surface area contributed by atoms with Gasteiger partial charge < -0.3 is 13.7 Å². The first kappa shape index (κ1) is 32.6. The zero-order valence-corrected chi connectivity index (χ0v) is 31.5. The second-order valence-corrected chi connectivity index (χ2v) is 15.2. The number of rotatable bonds is 6. The van der Waals surface area contributed by atoms with E-state index in [1.807, 2.05) is 12.1 Å². The maximum absolute atomic E-state index is 6.77. The summed E-state index contributed by atoms with van der Waals surface area (Å²) in [6.07, 6.45) is 0. The molecule has 0 saturated carbocycles. The zero-order chi connectivity index (χ0) is 38.2. The third-order valence-corrected chi connectivity index (χ3v) is 12.1. The molecule has 272 valence electrons. The van der Waals surface area contributed by atoms with Crippen LogP contribution in [-0.4, -0.2) is 0 Å². The molecule has 1 aliphatic carbocycles. The van der Waals surface area contributed by atoms with Gasteiger partial charge in [-0.25, -0.2) is 0 Å². The minimum Gasteiger partial charge on any atom is -0.456 e. The van der Waals surface area contributed by atoms with Crippen LogP contribution in [0, 0.1) is 0 Å². The summed E-state index contributed by atoms with van der Waals surface area (Å²) in [7, 11) is 0. The van der Waals surface area contributed by atoms with E-state index in [1.165, 1.54) is 38.9 Å². The number of nitrogens with zero attached hydrogens (tertiary/aromatic N) is 1. The summed E-state index contributed by atoms with van der Waals surface area (Å²) in [6, 6.07) is 76.1. The molecule has 3 heteroatoms. The van der Waals surface area contributed by atoms with Gasteiger partial charge in [0.25, 0.3) is 0 Å². The van der Waals surface area contributed by atoms with E-state index >= 15 is 0 Å². The lowest BCUT2D eigenvalue weighted by Gasteiger charge is -2.33. The largest absolute Gasteiger partial charge is 0.456 e. The molecule has 0 spiro atoms. The van der Waals surface area contributed by atoms with E-state index in [-0.39, 0.29) is 0 Å². The Morgan fingerprint density at radius 2 is 0.845 bits per heavy atom. The Hall–Kier alpha value is -7.62. The highest BCUT2D eigenvalue weighted by molar-refractivity contribution is 6.08. The SMILES string of the molecule is c1ccc(-c2cccc(N(c3ccc4c(c3)oc3ccccc34)c3ccc4c(c3)oc3ccc(C5(c6ccccc6)c6ccccc6-c6ccccc65)cc34)c2)cc1. The summed E-state index contributed by atoms with van der Waals surface area (Å²) in [5, 5.41) is 4.39. The highest BCUT2D eigenvalue weighted by Gasteiger charge is 2.46. The van der Waals surface area contributed by atoms with Crippen molar-refractivity contribution in [1.82, 2.24) is 0 Å². The number of hydrogen-bond acceptors (Lipinski definition) is 3. The standard InChI is InChI=1S/C55H35NO2/c1-3-14-36(15-4-1)37-16-13-19-40(32-37)56(41-27-29-46-45-22-9-12-25-51(45)57-53(46)34-41)42-28-30-47-48-33-39(26-31-52(48)58-54(47)35-42)55(38-17-5-2-6-18-38)49-23-10-7-20-43(49)44-21-8-11-24-50(44)55/h1-35H. The Kier molecular flexibility index (Phi) is 7.14. The van der Waals surface area contributed by atoms with Crippen LogP contribution in [0.2, 0.25) is 0 Å². The highest BCUT2D eigenvalue weighted by Crippen LogP contribution is 2.56. The van der Waals surface area contributed by atoms with Crippen molar-refractivity contribution in [3.63, 3.8) is 0 Å². The fourth-order valence-corrected chi connectivity index (χ4v) is 9.61. The van der Waals surface area contributed by atoms with E-state index in [9.17, 15) is 0 Å². The lowest BCUT2D eigenvalue weighted by atomic mass is 9.67. The van der Waals surface area contributed by atoms with Crippen LogP contribution in [0.25, 0.3) is 66.1 Å². The summed E-state index contributed by atoms with van der Waals surface area (Å²) in [5.41, 5.74) is 15.9. The first-order valence-corrected chi connectivity index (χ1v) is 19.8. The molecule has 12 rings (SSSR count). The molecule has 2 aromatic heterocycles. The normalized spacial score (nSPS) is 13.0. The number of fused-ring (bicyclic) bond motifs is 9. The quantitative estimate of drug-likeness (QED) is 0.170. The van der Waals surface area contributed by atoms with Crippen molar-refractivity contribution < 1.29 is 8.83 Å². The van der Waals surface area contributed by atoms with E-state index in [0.29, 0.717) is 0 Å². The van der Waals surface area contributed by atoms with Crippen LogP contribution < -0.4 is 4.90 Å². The van der Waals surface area contributed by atoms with Crippen LogP contribution in [-0.2, 0) is 5.41 Å². The predicted molar refractivity (Wildman–Crippen MR) is 238 cm³/mol. The maximum Gasteiger partial charge on any atom is 0.137 e. The minimum absolute atomic E-state index is 0.484. The van der Waals surface area contributed by atoms with Gasteiger partial charge >= 0.3 is 0 Å². The number of hydrogen-bond donors (Lipinski definition) is 0. The molecule has 1 aliphatic rings. The molecule has 0 radical (unpaired) electrons. The van der Waals surface area contributed by atoms with Crippen molar-refractivity contribution in [2.24, 2.45) is 0 Å². The molecule has 0 N–H and O–H groups in total. The first-order valence-electron chi connectivity index (χ1n) is 19.8. The molecule has 2 heterocycles. The molecule has 3 nitrogen and oxygen atoms in total. The van der Waals surface area contributed by atoms with E-state index < -0.39 is 5.41 Å². The number of anilines is 3. The van der Waals surface area contributed by atoms with Gasteiger partial charge in [-0.05, 0) is 99.1 Å². The summed E-state index contributed by atoms with van der Waals surface area (Å²) in [5.74, 6) is 0. The molecule has 9 aromatic carbocycles. The van der Waals surface area contributed by atoms with Crippen LogP contribution in [0.5, 0.6) is 0 Å². The van der Waals surface area contributed by atoms with Crippen molar-refractivity contribution in [3.05, 3.63) is 235 Å². The Morgan fingerprint density at radius 1 is 0.310 bits per heavy atom.